The fourth-order valence-corrected chi connectivity index (χ4v) is 2.49. The number of para-hydroxylation sites is 1. The second kappa shape index (κ2) is 6.86. The molecule has 1 fully saturated rings. The molecule has 1 aliphatic carbocycles. The Morgan fingerprint density at radius 2 is 2.00 bits per heavy atom. The molecule has 1 aromatic carbocycles. The highest BCUT2D eigenvalue weighted by molar-refractivity contribution is 6.07. The van der Waals surface area contributed by atoms with Gasteiger partial charge >= 0.3 is 0 Å². The summed E-state index contributed by atoms with van der Waals surface area (Å²) in [6, 6.07) is 9.61. The molecule has 3 N–H and O–H groups in total. The lowest BCUT2D eigenvalue weighted by Gasteiger charge is -2.12. The largest absolute Gasteiger partial charge is 0.361 e. The molecule has 2 amide bonds. The van der Waals surface area contributed by atoms with Crippen LogP contribution in [0.3, 0.4) is 0 Å². The van der Waals surface area contributed by atoms with Crippen molar-refractivity contribution in [3.05, 3.63) is 35.9 Å². The predicted molar refractivity (Wildman–Crippen MR) is 94.0 cm³/mol. The number of carbonyl (C=O) groups excluding carboxylic acids is 2. The molecule has 0 unspecified atom stereocenters. The van der Waals surface area contributed by atoms with E-state index in [0.717, 1.165) is 23.7 Å². The molecule has 0 saturated heterocycles. The molecule has 1 aromatic heterocycles. The van der Waals surface area contributed by atoms with Crippen LogP contribution in [-0.4, -0.2) is 35.4 Å². The van der Waals surface area contributed by atoms with Crippen molar-refractivity contribution >= 4 is 28.5 Å². The van der Waals surface area contributed by atoms with Gasteiger partial charge in [-0.1, -0.05) is 18.2 Å². The summed E-state index contributed by atoms with van der Waals surface area (Å²) in [5.74, 6) is 0.322. The van der Waals surface area contributed by atoms with E-state index in [4.69, 9.17) is 0 Å². The number of nitrogens with one attached hydrogen (secondary N) is 3. The number of benzene rings is 1. The van der Waals surface area contributed by atoms with Crippen molar-refractivity contribution in [2.45, 2.75) is 38.8 Å². The van der Waals surface area contributed by atoms with Gasteiger partial charge in [0.25, 0.3) is 5.91 Å². The minimum absolute atomic E-state index is 0.0868. The van der Waals surface area contributed by atoms with Crippen molar-refractivity contribution in [2.75, 3.05) is 11.9 Å². The molecule has 2 aromatic rings. The first-order chi connectivity index (χ1) is 11.5. The summed E-state index contributed by atoms with van der Waals surface area (Å²) < 4.78 is 0. The number of fused-ring (bicyclic) bond motifs is 1. The summed E-state index contributed by atoms with van der Waals surface area (Å²) in [6.45, 7) is 3.94. The third-order valence-electron chi connectivity index (χ3n) is 3.75. The van der Waals surface area contributed by atoms with Crippen LogP contribution in [0.5, 0.6) is 0 Å². The Kier molecular flexibility index (Phi) is 4.64. The van der Waals surface area contributed by atoms with E-state index in [-0.39, 0.29) is 30.4 Å². The number of hydrogen-bond donors (Lipinski definition) is 3. The van der Waals surface area contributed by atoms with Crippen molar-refractivity contribution in [1.29, 1.82) is 0 Å². The lowest BCUT2D eigenvalue weighted by molar-refractivity contribution is -0.119. The maximum absolute atomic E-state index is 12.5. The lowest BCUT2D eigenvalue weighted by atomic mass is 10.1. The Labute approximate surface area is 141 Å². The number of rotatable bonds is 6. The summed E-state index contributed by atoms with van der Waals surface area (Å²) >= 11 is 0. The molecule has 0 radical (unpaired) electrons. The average molecular weight is 326 g/mol. The number of amides is 2. The molecule has 3 rings (SSSR count). The van der Waals surface area contributed by atoms with Crippen LogP contribution in [0.15, 0.2) is 30.3 Å². The van der Waals surface area contributed by atoms with Crippen LogP contribution in [0, 0.1) is 0 Å². The van der Waals surface area contributed by atoms with E-state index in [1.165, 1.54) is 0 Å². The van der Waals surface area contributed by atoms with Crippen LogP contribution in [0.4, 0.5) is 5.82 Å². The van der Waals surface area contributed by atoms with E-state index in [0.29, 0.717) is 11.4 Å². The van der Waals surface area contributed by atoms with E-state index < -0.39 is 0 Å². The molecule has 0 atom stereocenters. The fraction of sp³-hybridized carbons (Fsp3) is 0.389. The molecule has 0 bridgehead atoms. The van der Waals surface area contributed by atoms with Crippen LogP contribution in [0.1, 0.15) is 37.0 Å². The molecule has 1 heterocycles. The molecule has 6 nitrogen and oxygen atoms in total. The first-order valence-corrected chi connectivity index (χ1v) is 8.27. The minimum atomic E-state index is -0.107. The standard InChI is InChI=1S/C18H22N4O2/c1-11(2)20-17(23)10-19-16-9-14(18(24)21-12-7-8-12)13-5-3-4-6-15(13)22-16/h3-6,9,11-12H,7-8,10H2,1-2H3,(H,19,22)(H,20,23)(H,21,24). The highest BCUT2D eigenvalue weighted by Gasteiger charge is 2.25. The summed E-state index contributed by atoms with van der Waals surface area (Å²) in [7, 11) is 0. The maximum atomic E-state index is 12.5. The van der Waals surface area contributed by atoms with Gasteiger partial charge < -0.3 is 16.0 Å². The molecule has 1 saturated carbocycles. The van der Waals surface area contributed by atoms with E-state index in [1.54, 1.807) is 6.07 Å². The van der Waals surface area contributed by atoms with E-state index in [9.17, 15) is 9.59 Å². The van der Waals surface area contributed by atoms with Gasteiger partial charge in [0, 0.05) is 17.5 Å². The monoisotopic (exact) mass is 326 g/mol. The Bertz CT molecular complexity index is 769. The smallest absolute Gasteiger partial charge is 0.252 e. The molecule has 6 heteroatoms. The van der Waals surface area contributed by atoms with Crippen LogP contribution < -0.4 is 16.0 Å². The van der Waals surface area contributed by atoms with Crippen LogP contribution in [-0.2, 0) is 4.79 Å². The third-order valence-corrected chi connectivity index (χ3v) is 3.75. The maximum Gasteiger partial charge on any atom is 0.252 e. The SMILES string of the molecule is CC(C)NC(=O)CNc1cc(C(=O)NC2CC2)c2ccccc2n1. The fourth-order valence-electron chi connectivity index (χ4n) is 2.49. The molecule has 0 spiro atoms. The number of anilines is 1. The van der Waals surface area contributed by atoms with Crippen molar-refractivity contribution in [2.24, 2.45) is 0 Å². The molecule has 1 aliphatic rings. The molecule has 126 valence electrons. The van der Waals surface area contributed by atoms with Crippen molar-refractivity contribution in [3.8, 4) is 0 Å². The van der Waals surface area contributed by atoms with Crippen LogP contribution in [0.25, 0.3) is 10.9 Å². The summed E-state index contributed by atoms with van der Waals surface area (Å²) in [4.78, 5) is 28.8. The highest BCUT2D eigenvalue weighted by atomic mass is 16.2. The zero-order valence-corrected chi connectivity index (χ0v) is 13.9. The van der Waals surface area contributed by atoms with Gasteiger partial charge in [-0.3, -0.25) is 9.59 Å². The van der Waals surface area contributed by atoms with Gasteiger partial charge in [-0.2, -0.15) is 0 Å². The predicted octanol–water partition coefficient (Wildman–Crippen LogP) is 2.06. The van der Waals surface area contributed by atoms with Gasteiger partial charge in [0.05, 0.1) is 17.6 Å². The van der Waals surface area contributed by atoms with Crippen LogP contribution in [0.2, 0.25) is 0 Å². The molecular formula is C18H22N4O2. The second-order valence-corrected chi connectivity index (χ2v) is 6.40. The molecule has 24 heavy (non-hydrogen) atoms. The number of hydrogen-bond acceptors (Lipinski definition) is 4. The first kappa shape index (κ1) is 16.2. The molecule has 0 aliphatic heterocycles. The lowest BCUT2D eigenvalue weighted by Crippen LogP contribution is -2.35. The first-order valence-electron chi connectivity index (χ1n) is 8.27. The Morgan fingerprint density at radius 3 is 2.71 bits per heavy atom. The van der Waals surface area contributed by atoms with Crippen molar-refractivity contribution < 1.29 is 9.59 Å². The van der Waals surface area contributed by atoms with Crippen molar-refractivity contribution in [3.63, 3.8) is 0 Å². The molecular weight excluding hydrogens is 304 g/mol. The van der Waals surface area contributed by atoms with Gasteiger partial charge in [0.15, 0.2) is 0 Å². The average Bonchev–Trinajstić information content (AvgIpc) is 3.35. The third kappa shape index (κ3) is 4.01. The zero-order valence-electron chi connectivity index (χ0n) is 13.9. The van der Waals surface area contributed by atoms with Gasteiger partial charge in [0.2, 0.25) is 5.91 Å². The quantitative estimate of drug-likeness (QED) is 0.759. The van der Waals surface area contributed by atoms with E-state index in [2.05, 4.69) is 20.9 Å². The van der Waals surface area contributed by atoms with Gasteiger partial charge in [-0.25, -0.2) is 4.98 Å². The van der Waals surface area contributed by atoms with E-state index in [1.807, 2.05) is 38.1 Å². The highest BCUT2D eigenvalue weighted by Crippen LogP contribution is 2.23. The zero-order chi connectivity index (χ0) is 17.1. The topological polar surface area (TPSA) is 83.1 Å². The van der Waals surface area contributed by atoms with Crippen LogP contribution >= 0.6 is 0 Å². The number of nitrogens with zero attached hydrogens (tertiary/aromatic N) is 1. The Morgan fingerprint density at radius 1 is 1.25 bits per heavy atom. The van der Waals surface area contributed by atoms with E-state index >= 15 is 0 Å². The Hall–Kier alpha value is -2.63. The van der Waals surface area contributed by atoms with Gasteiger partial charge in [0.1, 0.15) is 5.82 Å². The summed E-state index contributed by atoms with van der Waals surface area (Å²) in [5, 5.41) is 9.64. The minimum Gasteiger partial charge on any atom is -0.361 e. The summed E-state index contributed by atoms with van der Waals surface area (Å²) in [6.07, 6.45) is 2.07. The van der Waals surface area contributed by atoms with Crippen molar-refractivity contribution in [1.82, 2.24) is 15.6 Å². The normalized spacial score (nSPS) is 13.8. The number of aromatic nitrogens is 1. The van der Waals surface area contributed by atoms with Gasteiger partial charge in [-0.15, -0.1) is 0 Å². The number of pyridine rings is 1. The second-order valence-electron chi connectivity index (χ2n) is 6.40. The summed E-state index contributed by atoms with van der Waals surface area (Å²) in [5.41, 5.74) is 1.31. The number of carbonyl (C=O) groups is 2. The van der Waals surface area contributed by atoms with Gasteiger partial charge in [-0.05, 0) is 38.8 Å². The Balaban J connectivity index is 1.83.